The Bertz CT molecular complexity index is 728. The molecule has 0 radical (unpaired) electrons. The van der Waals surface area contributed by atoms with Crippen LogP contribution >= 0.6 is 12.4 Å². The van der Waals surface area contributed by atoms with Crippen LogP contribution in [0.25, 0.3) is 0 Å². The van der Waals surface area contributed by atoms with Crippen LogP contribution in [0, 0.1) is 0 Å². The SMILES string of the molecule is CNC1CCCN(C(=O)CNS(=O)(=O)c2cccc(C(F)(F)F)c2)C1.Cl. The first-order chi connectivity index (χ1) is 11.6. The maximum atomic E-state index is 12.7. The van der Waals surface area contributed by atoms with E-state index >= 15 is 0 Å². The summed E-state index contributed by atoms with van der Waals surface area (Å²) >= 11 is 0. The predicted octanol–water partition coefficient (Wildman–Crippen LogP) is 1.62. The number of nitrogens with zero attached hydrogens (tertiary/aromatic N) is 1. The van der Waals surface area contributed by atoms with Crippen molar-refractivity contribution in [3.63, 3.8) is 0 Å². The third kappa shape index (κ3) is 5.83. The Morgan fingerprint density at radius 2 is 2.04 bits per heavy atom. The van der Waals surface area contributed by atoms with Crippen molar-refractivity contribution in [3.05, 3.63) is 29.8 Å². The van der Waals surface area contributed by atoms with E-state index < -0.39 is 39.1 Å². The number of amides is 1. The van der Waals surface area contributed by atoms with Crippen LogP contribution in [0.2, 0.25) is 0 Å². The van der Waals surface area contributed by atoms with Gasteiger partial charge in [0.05, 0.1) is 17.0 Å². The summed E-state index contributed by atoms with van der Waals surface area (Å²) in [6.07, 6.45) is -2.91. The molecule has 1 saturated heterocycles. The highest BCUT2D eigenvalue weighted by atomic mass is 35.5. The van der Waals surface area contributed by atoms with Crippen molar-refractivity contribution in [2.24, 2.45) is 0 Å². The van der Waals surface area contributed by atoms with Crippen molar-refractivity contribution in [1.82, 2.24) is 14.9 Å². The number of hydrogen-bond donors (Lipinski definition) is 2. The van der Waals surface area contributed by atoms with Gasteiger partial charge in [0.1, 0.15) is 0 Å². The number of carbonyl (C=O) groups is 1. The molecule has 0 saturated carbocycles. The molecular formula is C15H21ClF3N3O3S. The van der Waals surface area contributed by atoms with E-state index in [2.05, 4.69) is 10.0 Å². The molecule has 0 bridgehead atoms. The maximum Gasteiger partial charge on any atom is 0.416 e. The van der Waals surface area contributed by atoms with E-state index in [0.717, 1.165) is 31.0 Å². The largest absolute Gasteiger partial charge is 0.416 e. The smallest absolute Gasteiger partial charge is 0.340 e. The second-order valence-corrected chi connectivity index (χ2v) is 7.58. The number of nitrogens with one attached hydrogen (secondary N) is 2. The Morgan fingerprint density at radius 1 is 1.35 bits per heavy atom. The van der Waals surface area contributed by atoms with Crippen LogP contribution in [0.3, 0.4) is 0 Å². The van der Waals surface area contributed by atoms with Gasteiger partial charge in [-0.2, -0.15) is 13.2 Å². The Hall–Kier alpha value is -1.36. The van der Waals surface area contributed by atoms with Crippen LogP contribution in [0.15, 0.2) is 29.2 Å². The molecule has 148 valence electrons. The van der Waals surface area contributed by atoms with Gasteiger partial charge in [-0.25, -0.2) is 13.1 Å². The average molecular weight is 416 g/mol. The fraction of sp³-hybridized carbons (Fsp3) is 0.533. The van der Waals surface area contributed by atoms with E-state index in [4.69, 9.17) is 0 Å². The zero-order valence-electron chi connectivity index (χ0n) is 14.0. The molecule has 2 N–H and O–H groups in total. The predicted molar refractivity (Wildman–Crippen MR) is 92.5 cm³/mol. The van der Waals surface area contributed by atoms with Crippen molar-refractivity contribution < 1.29 is 26.4 Å². The van der Waals surface area contributed by atoms with E-state index in [9.17, 15) is 26.4 Å². The molecule has 1 aromatic rings. The van der Waals surface area contributed by atoms with Gasteiger partial charge in [0, 0.05) is 19.1 Å². The lowest BCUT2D eigenvalue weighted by atomic mass is 10.1. The second-order valence-electron chi connectivity index (χ2n) is 5.82. The van der Waals surface area contributed by atoms with Crippen LogP contribution in [0.5, 0.6) is 0 Å². The minimum absolute atomic E-state index is 0. The second kappa shape index (κ2) is 9.03. The number of likely N-dealkylation sites (N-methyl/N-ethyl adjacent to an activating group) is 1. The number of likely N-dealkylation sites (tertiary alicyclic amines) is 1. The molecule has 0 aromatic heterocycles. The summed E-state index contributed by atoms with van der Waals surface area (Å²) in [7, 11) is -2.42. The Kier molecular flexibility index (Phi) is 7.87. The monoisotopic (exact) mass is 415 g/mol. The summed E-state index contributed by atoms with van der Waals surface area (Å²) < 4.78 is 64.5. The summed E-state index contributed by atoms with van der Waals surface area (Å²) in [6.45, 7) is 0.512. The topological polar surface area (TPSA) is 78.5 Å². The summed E-state index contributed by atoms with van der Waals surface area (Å²) in [5.41, 5.74) is -1.06. The summed E-state index contributed by atoms with van der Waals surface area (Å²) in [5.74, 6) is -0.407. The molecular weight excluding hydrogens is 395 g/mol. The summed E-state index contributed by atoms with van der Waals surface area (Å²) in [4.78, 5) is 13.2. The summed E-state index contributed by atoms with van der Waals surface area (Å²) in [6, 6.07) is 3.56. The highest BCUT2D eigenvalue weighted by Gasteiger charge is 2.32. The molecule has 1 aromatic carbocycles. The molecule has 1 heterocycles. The number of halogens is 4. The van der Waals surface area contributed by atoms with Crippen LogP contribution in [-0.2, 0) is 21.0 Å². The Labute approximate surface area is 156 Å². The average Bonchev–Trinajstić information content (AvgIpc) is 2.59. The first kappa shape index (κ1) is 22.7. The molecule has 2 rings (SSSR count). The third-order valence-corrected chi connectivity index (χ3v) is 5.47. The minimum Gasteiger partial charge on any atom is -0.340 e. The lowest BCUT2D eigenvalue weighted by Gasteiger charge is -2.32. The molecule has 1 aliphatic rings. The number of benzene rings is 1. The zero-order valence-corrected chi connectivity index (χ0v) is 15.7. The van der Waals surface area contributed by atoms with Gasteiger partial charge in [-0.15, -0.1) is 12.4 Å². The quantitative estimate of drug-likeness (QED) is 0.766. The molecule has 1 unspecified atom stereocenters. The highest BCUT2D eigenvalue weighted by molar-refractivity contribution is 7.89. The lowest BCUT2D eigenvalue weighted by Crippen LogP contribution is -2.49. The molecule has 0 spiro atoms. The van der Waals surface area contributed by atoms with Crippen LogP contribution < -0.4 is 10.0 Å². The van der Waals surface area contributed by atoms with Gasteiger partial charge in [-0.1, -0.05) is 6.07 Å². The van der Waals surface area contributed by atoms with Crippen molar-refractivity contribution in [3.8, 4) is 0 Å². The van der Waals surface area contributed by atoms with E-state index in [-0.39, 0.29) is 18.4 Å². The van der Waals surface area contributed by atoms with Gasteiger partial charge in [0.2, 0.25) is 15.9 Å². The van der Waals surface area contributed by atoms with E-state index in [0.29, 0.717) is 19.2 Å². The van der Waals surface area contributed by atoms with Crippen molar-refractivity contribution in [1.29, 1.82) is 0 Å². The van der Waals surface area contributed by atoms with Gasteiger partial charge in [0.25, 0.3) is 0 Å². The maximum absolute atomic E-state index is 12.7. The number of sulfonamides is 1. The minimum atomic E-state index is -4.64. The standard InChI is InChI=1S/C15H20F3N3O3S.ClH/c1-19-12-5-3-7-21(10-12)14(22)9-20-25(23,24)13-6-2-4-11(8-13)15(16,17)18;/h2,4,6,8,12,19-20H,3,5,7,9-10H2,1H3;1H. The lowest BCUT2D eigenvalue weighted by molar-refractivity contribution is -0.137. The van der Waals surface area contributed by atoms with Crippen LogP contribution in [-0.4, -0.2) is 51.9 Å². The molecule has 11 heteroatoms. The molecule has 26 heavy (non-hydrogen) atoms. The molecule has 1 amide bonds. The third-order valence-electron chi connectivity index (χ3n) is 4.07. The molecule has 6 nitrogen and oxygen atoms in total. The Morgan fingerprint density at radius 3 is 2.65 bits per heavy atom. The van der Waals surface area contributed by atoms with Gasteiger partial charge in [-0.3, -0.25) is 4.79 Å². The van der Waals surface area contributed by atoms with Crippen LogP contribution in [0.1, 0.15) is 18.4 Å². The summed E-state index contributed by atoms with van der Waals surface area (Å²) in [5, 5.41) is 3.07. The molecule has 1 atom stereocenters. The van der Waals surface area contributed by atoms with Gasteiger partial charge >= 0.3 is 6.18 Å². The zero-order chi connectivity index (χ0) is 18.7. The Balaban J connectivity index is 0.00000338. The molecule has 1 fully saturated rings. The van der Waals surface area contributed by atoms with E-state index in [1.54, 1.807) is 11.9 Å². The highest BCUT2D eigenvalue weighted by Crippen LogP contribution is 2.30. The molecule has 1 aliphatic heterocycles. The van der Waals surface area contributed by atoms with Gasteiger partial charge in [0.15, 0.2) is 0 Å². The van der Waals surface area contributed by atoms with Gasteiger partial charge in [-0.05, 0) is 38.1 Å². The number of carbonyl (C=O) groups excluding carboxylic acids is 1. The van der Waals surface area contributed by atoms with Crippen molar-refractivity contribution >= 4 is 28.3 Å². The number of alkyl halides is 3. The fourth-order valence-corrected chi connectivity index (χ4v) is 3.65. The number of hydrogen-bond acceptors (Lipinski definition) is 4. The first-order valence-corrected chi connectivity index (χ1v) is 9.24. The van der Waals surface area contributed by atoms with E-state index in [1.807, 2.05) is 0 Å². The van der Waals surface area contributed by atoms with Crippen molar-refractivity contribution in [2.45, 2.75) is 30.0 Å². The normalized spacial score (nSPS) is 18.3. The van der Waals surface area contributed by atoms with Gasteiger partial charge < -0.3 is 10.2 Å². The molecule has 0 aliphatic carbocycles. The van der Waals surface area contributed by atoms with E-state index in [1.165, 1.54) is 0 Å². The fourth-order valence-electron chi connectivity index (χ4n) is 2.63. The van der Waals surface area contributed by atoms with Crippen molar-refractivity contribution in [2.75, 3.05) is 26.7 Å². The van der Waals surface area contributed by atoms with Crippen LogP contribution in [0.4, 0.5) is 13.2 Å². The number of piperidine rings is 1. The number of rotatable bonds is 5. The first-order valence-electron chi connectivity index (χ1n) is 7.75.